The van der Waals surface area contributed by atoms with Gasteiger partial charge >= 0.3 is 11.9 Å². The van der Waals surface area contributed by atoms with Crippen LogP contribution in [0.2, 0.25) is 0 Å². The summed E-state index contributed by atoms with van der Waals surface area (Å²) in [6.45, 7) is 5.01. The van der Waals surface area contributed by atoms with Crippen LogP contribution >= 0.6 is 0 Å². The fourth-order valence-corrected chi connectivity index (χ4v) is 4.25. The highest BCUT2D eigenvalue weighted by Gasteiger charge is 2.35. The van der Waals surface area contributed by atoms with Crippen molar-refractivity contribution in [2.75, 3.05) is 0 Å². The molecule has 9 heteroatoms. The second-order valence-electron chi connectivity index (χ2n) is 10.0. The highest BCUT2D eigenvalue weighted by Crippen LogP contribution is 2.29. The molecule has 0 bridgehead atoms. The van der Waals surface area contributed by atoms with Gasteiger partial charge in [0.2, 0.25) is 5.91 Å². The van der Waals surface area contributed by atoms with Crippen LogP contribution in [0.5, 0.6) is 0 Å². The molecule has 2 aromatic rings. The van der Waals surface area contributed by atoms with E-state index >= 15 is 0 Å². The summed E-state index contributed by atoms with van der Waals surface area (Å²) in [4.78, 5) is 50.6. The Morgan fingerprint density at radius 2 is 1.92 bits per heavy atom. The fourth-order valence-electron chi connectivity index (χ4n) is 4.25. The van der Waals surface area contributed by atoms with Gasteiger partial charge in [-0.15, -0.1) is 0 Å². The Bertz CT molecular complexity index is 1080. The third-order valence-corrected chi connectivity index (χ3v) is 5.98. The molecule has 1 heterocycles. The summed E-state index contributed by atoms with van der Waals surface area (Å²) < 4.78 is 24.6. The Balaban J connectivity index is 1.82. The number of carbonyl (C=O) groups is 4. The quantitative estimate of drug-likeness (QED) is 0.300. The molecule has 194 valence electrons. The molecular formula is C27H33FN2O6. The smallest absolute Gasteiger partial charge is 0.331 e. The average Bonchev–Trinajstić information content (AvgIpc) is 3.51. The minimum absolute atomic E-state index is 0.107. The van der Waals surface area contributed by atoms with Crippen LogP contribution in [0.15, 0.2) is 40.8 Å². The standard InChI is InChI=1S/C27H33FN2O6/c1-27(2,3)36-26(34)21(15-16-31)30(24(32)14-11-18-7-4-5-8-18)29-25(33)23-13-12-22(35-23)19-9-6-10-20(28)17-19/h6,9-10,12-13,16-18,21H,4-5,7-8,11,14-15H2,1-3H3,(H,29,33)/t21-/m0/s1. The first-order valence-corrected chi connectivity index (χ1v) is 12.2. The number of ether oxygens (including phenoxy) is 1. The number of benzene rings is 1. The fraction of sp³-hybridized carbons (Fsp3) is 0.481. The highest BCUT2D eigenvalue weighted by molar-refractivity contribution is 5.95. The molecule has 2 amide bonds. The highest BCUT2D eigenvalue weighted by atomic mass is 19.1. The van der Waals surface area contributed by atoms with E-state index in [1.165, 1.54) is 30.3 Å². The molecule has 1 aliphatic rings. The maximum absolute atomic E-state index is 13.6. The van der Waals surface area contributed by atoms with Crippen molar-refractivity contribution < 1.29 is 32.7 Å². The van der Waals surface area contributed by atoms with Crippen molar-refractivity contribution in [1.82, 2.24) is 10.4 Å². The van der Waals surface area contributed by atoms with E-state index in [2.05, 4.69) is 5.43 Å². The van der Waals surface area contributed by atoms with Crippen molar-refractivity contribution in [2.24, 2.45) is 5.92 Å². The summed E-state index contributed by atoms with van der Waals surface area (Å²) >= 11 is 0. The topological polar surface area (TPSA) is 106 Å². The predicted molar refractivity (Wildman–Crippen MR) is 130 cm³/mol. The number of furan rings is 1. The van der Waals surface area contributed by atoms with Crippen LogP contribution in [0.25, 0.3) is 11.3 Å². The van der Waals surface area contributed by atoms with Gasteiger partial charge in [0.25, 0.3) is 0 Å². The zero-order chi connectivity index (χ0) is 26.3. The van der Waals surface area contributed by atoms with Crippen molar-refractivity contribution in [3.8, 4) is 11.3 Å². The summed E-state index contributed by atoms with van der Waals surface area (Å²) in [6, 6.07) is 7.26. The number of nitrogens with one attached hydrogen (secondary N) is 1. The molecule has 0 radical (unpaired) electrons. The lowest BCUT2D eigenvalue weighted by Crippen LogP contribution is -2.56. The molecule has 1 atom stereocenters. The lowest BCUT2D eigenvalue weighted by atomic mass is 10.0. The summed E-state index contributed by atoms with van der Waals surface area (Å²) in [5, 5.41) is 0.893. The normalized spacial score (nSPS) is 14.8. The van der Waals surface area contributed by atoms with E-state index in [9.17, 15) is 23.6 Å². The van der Waals surface area contributed by atoms with Crippen LogP contribution in [-0.4, -0.2) is 40.7 Å². The first kappa shape index (κ1) is 27.1. The molecule has 1 fully saturated rings. The zero-order valence-electron chi connectivity index (χ0n) is 20.9. The SMILES string of the molecule is CC(C)(C)OC(=O)[C@H](CC=O)N(NC(=O)c1ccc(-c2cccc(F)c2)o1)C(=O)CCC1CCCC1. The summed E-state index contributed by atoms with van der Waals surface area (Å²) in [5.74, 6) is -2.01. The second-order valence-corrected chi connectivity index (χ2v) is 10.0. The van der Waals surface area contributed by atoms with Gasteiger partial charge in [0.05, 0.1) is 0 Å². The summed E-state index contributed by atoms with van der Waals surface area (Å²) in [5.41, 5.74) is 2.03. The van der Waals surface area contributed by atoms with Crippen LogP contribution in [-0.2, 0) is 19.1 Å². The van der Waals surface area contributed by atoms with Crippen LogP contribution in [0.3, 0.4) is 0 Å². The van der Waals surface area contributed by atoms with E-state index in [0.717, 1.165) is 30.7 Å². The van der Waals surface area contributed by atoms with Gasteiger partial charge in [-0.1, -0.05) is 37.8 Å². The van der Waals surface area contributed by atoms with Gasteiger partial charge in [0.1, 0.15) is 23.5 Å². The van der Waals surface area contributed by atoms with Crippen LogP contribution in [0.4, 0.5) is 4.39 Å². The van der Waals surface area contributed by atoms with E-state index in [1.807, 2.05) is 0 Å². The Labute approximate surface area is 210 Å². The Hall–Kier alpha value is -3.49. The van der Waals surface area contributed by atoms with Crippen molar-refractivity contribution in [3.63, 3.8) is 0 Å². The van der Waals surface area contributed by atoms with E-state index in [-0.39, 0.29) is 24.4 Å². The molecule has 0 unspecified atom stereocenters. The third-order valence-electron chi connectivity index (χ3n) is 5.98. The second kappa shape index (κ2) is 12.0. The molecule has 36 heavy (non-hydrogen) atoms. The molecule has 1 aliphatic carbocycles. The molecule has 1 aromatic heterocycles. The number of carbonyl (C=O) groups excluding carboxylic acids is 4. The summed E-state index contributed by atoms with van der Waals surface area (Å²) in [6.07, 6.45) is 5.21. The first-order valence-electron chi connectivity index (χ1n) is 12.2. The van der Waals surface area contributed by atoms with E-state index in [4.69, 9.17) is 9.15 Å². The number of hydrogen-bond acceptors (Lipinski definition) is 6. The number of halogens is 1. The number of esters is 1. The molecule has 3 rings (SSSR count). The van der Waals surface area contributed by atoms with Gasteiger partial charge in [-0.25, -0.2) is 14.2 Å². The monoisotopic (exact) mass is 500 g/mol. The number of amides is 2. The Morgan fingerprint density at radius 3 is 2.56 bits per heavy atom. The largest absolute Gasteiger partial charge is 0.458 e. The summed E-state index contributed by atoms with van der Waals surface area (Å²) in [7, 11) is 0. The van der Waals surface area contributed by atoms with Crippen LogP contribution in [0.1, 0.15) is 76.3 Å². The van der Waals surface area contributed by atoms with Crippen molar-refractivity contribution in [1.29, 1.82) is 0 Å². The minimum atomic E-state index is -1.33. The maximum atomic E-state index is 13.6. The maximum Gasteiger partial charge on any atom is 0.331 e. The molecule has 0 spiro atoms. The number of nitrogens with zero attached hydrogens (tertiary/aromatic N) is 1. The lowest BCUT2D eigenvalue weighted by molar-refractivity contribution is -0.167. The van der Waals surface area contributed by atoms with Gasteiger partial charge in [-0.05, 0) is 57.4 Å². The number of hydrazine groups is 1. The van der Waals surface area contributed by atoms with Crippen LogP contribution in [0, 0.1) is 11.7 Å². The van der Waals surface area contributed by atoms with E-state index in [1.54, 1.807) is 26.8 Å². The van der Waals surface area contributed by atoms with Crippen molar-refractivity contribution in [3.05, 3.63) is 48.0 Å². The molecule has 1 saturated carbocycles. The molecule has 1 aromatic carbocycles. The van der Waals surface area contributed by atoms with Gasteiger partial charge in [0.15, 0.2) is 11.8 Å². The molecule has 1 N–H and O–H groups in total. The van der Waals surface area contributed by atoms with Crippen molar-refractivity contribution in [2.45, 2.75) is 77.4 Å². The Morgan fingerprint density at radius 1 is 1.19 bits per heavy atom. The molecule has 0 aliphatic heterocycles. The predicted octanol–water partition coefficient (Wildman–Crippen LogP) is 4.83. The van der Waals surface area contributed by atoms with Gasteiger partial charge < -0.3 is 13.9 Å². The van der Waals surface area contributed by atoms with Gasteiger partial charge in [0, 0.05) is 18.4 Å². The van der Waals surface area contributed by atoms with Gasteiger partial charge in [-0.2, -0.15) is 0 Å². The zero-order valence-corrected chi connectivity index (χ0v) is 20.9. The number of aldehydes is 1. The molecule has 8 nitrogen and oxygen atoms in total. The average molecular weight is 501 g/mol. The van der Waals surface area contributed by atoms with E-state index < -0.39 is 35.2 Å². The van der Waals surface area contributed by atoms with Crippen LogP contribution < -0.4 is 5.43 Å². The van der Waals surface area contributed by atoms with Gasteiger partial charge in [-0.3, -0.25) is 15.0 Å². The number of rotatable bonds is 9. The minimum Gasteiger partial charge on any atom is -0.458 e. The molecular weight excluding hydrogens is 467 g/mol. The Kier molecular flexibility index (Phi) is 9.01. The van der Waals surface area contributed by atoms with E-state index in [0.29, 0.717) is 24.2 Å². The number of hydrogen-bond donors (Lipinski definition) is 1. The molecule has 0 saturated heterocycles. The first-order chi connectivity index (χ1) is 17.1. The lowest BCUT2D eigenvalue weighted by Gasteiger charge is -2.31. The third kappa shape index (κ3) is 7.50. The van der Waals surface area contributed by atoms with Crippen molar-refractivity contribution >= 4 is 24.1 Å².